The summed E-state index contributed by atoms with van der Waals surface area (Å²) in [5.41, 5.74) is 1.63. The second-order valence-electron chi connectivity index (χ2n) is 6.76. The third-order valence-electron chi connectivity index (χ3n) is 5.01. The minimum Gasteiger partial charge on any atom is -0.507 e. The third-order valence-corrected chi connectivity index (χ3v) is 5.50. The summed E-state index contributed by atoms with van der Waals surface area (Å²) in [4.78, 5) is 27.6. The van der Waals surface area contributed by atoms with Crippen molar-refractivity contribution in [1.82, 2.24) is 0 Å². The van der Waals surface area contributed by atoms with Gasteiger partial charge in [-0.25, -0.2) is 0 Å². The molecule has 1 atom stereocenters. The van der Waals surface area contributed by atoms with Crippen LogP contribution in [-0.2, 0) is 9.59 Å². The Morgan fingerprint density at radius 3 is 2.37 bits per heavy atom. The molecule has 1 amide bonds. The Labute approximate surface area is 182 Å². The zero-order valence-electron chi connectivity index (χ0n) is 16.1. The first-order valence-electron chi connectivity index (χ1n) is 9.28. The number of carbonyl (C=O) groups is 2. The summed E-state index contributed by atoms with van der Waals surface area (Å²) in [6.07, 6.45) is 0. The molecule has 1 heterocycles. The molecule has 3 aromatic carbocycles. The lowest BCUT2D eigenvalue weighted by Gasteiger charge is -2.26. The van der Waals surface area contributed by atoms with Crippen LogP contribution < -0.4 is 9.64 Å². The van der Waals surface area contributed by atoms with Gasteiger partial charge in [-0.3, -0.25) is 14.5 Å². The SMILES string of the molecule is COc1ccccc1C1C(=C(O)c2ccccc2)C(=O)C(=O)N1c1cccc(Br)c1. The number of halogens is 1. The number of ether oxygens (including phenoxy) is 1. The van der Waals surface area contributed by atoms with Crippen molar-refractivity contribution in [1.29, 1.82) is 0 Å². The molecule has 1 N–H and O–H groups in total. The summed E-state index contributed by atoms with van der Waals surface area (Å²) in [5, 5.41) is 11.1. The van der Waals surface area contributed by atoms with Crippen molar-refractivity contribution in [3.8, 4) is 5.75 Å². The largest absolute Gasteiger partial charge is 0.507 e. The van der Waals surface area contributed by atoms with Crippen LogP contribution >= 0.6 is 15.9 Å². The number of hydrogen-bond acceptors (Lipinski definition) is 4. The third kappa shape index (κ3) is 3.39. The molecule has 4 rings (SSSR count). The van der Waals surface area contributed by atoms with Gasteiger partial charge in [0.1, 0.15) is 11.5 Å². The van der Waals surface area contributed by atoms with Gasteiger partial charge in [0, 0.05) is 21.3 Å². The van der Waals surface area contributed by atoms with Gasteiger partial charge in [-0.05, 0) is 24.3 Å². The summed E-state index contributed by atoms with van der Waals surface area (Å²) in [7, 11) is 1.53. The van der Waals surface area contributed by atoms with Crippen molar-refractivity contribution < 1.29 is 19.4 Å². The van der Waals surface area contributed by atoms with Gasteiger partial charge in [0.25, 0.3) is 11.7 Å². The summed E-state index contributed by atoms with van der Waals surface area (Å²) >= 11 is 3.42. The van der Waals surface area contributed by atoms with Gasteiger partial charge in [-0.1, -0.05) is 70.5 Å². The van der Waals surface area contributed by atoms with Crippen LogP contribution in [0.1, 0.15) is 17.2 Å². The summed E-state index contributed by atoms with van der Waals surface area (Å²) in [6.45, 7) is 0. The van der Waals surface area contributed by atoms with Crippen molar-refractivity contribution in [2.75, 3.05) is 12.0 Å². The van der Waals surface area contributed by atoms with E-state index in [2.05, 4.69) is 15.9 Å². The predicted octanol–water partition coefficient (Wildman–Crippen LogP) is 5.08. The fourth-order valence-electron chi connectivity index (χ4n) is 3.66. The molecule has 0 bridgehead atoms. The maximum atomic E-state index is 13.1. The van der Waals surface area contributed by atoms with E-state index in [1.165, 1.54) is 12.0 Å². The molecule has 1 fully saturated rings. The number of rotatable bonds is 4. The fourth-order valence-corrected chi connectivity index (χ4v) is 4.05. The van der Waals surface area contributed by atoms with E-state index >= 15 is 0 Å². The number of Topliss-reactive ketones (excluding diaryl/α,β-unsaturated/α-hetero) is 1. The van der Waals surface area contributed by atoms with Gasteiger partial charge in [0.15, 0.2) is 0 Å². The zero-order valence-corrected chi connectivity index (χ0v) is 17.7. The lowest BCUT2D eigenvalue weighted by atomic mass is 9.94. The number of benzene rings is 3. The molecular formula is C24H18BrNO4. The highest BCUT2D eigenvalue weighted by molar-refractivity contribution is 9.10. The monoisotopic (exact) mass is 463 g/mol. The van der Waals surface area contributed by atoms with E-state index in [4.69, 9.17) is 4.74 Å². The number of anilines is 1. The van der Waals surface area contributed by atoms with Crippen molar-refractivity contribution in [3.63, 3.8) is 0 Å². The van der Waals surface area contributed by atoms with Gasteiger partial charge < -0.3 is 9.84 Å². The molecule has 5 nitrogen and oxygen atoms in total. The second kappa shape index (κ2) is 8.16. The number of methoxy groups -OCH3 is 1. The highest BCUT2D eigenvalue weighted by Crippen LogP contribution is 2.45. The van der Waals surface area contributed by atoms with Crippen molar-refractivity contribution in [2.45, 2.75) is 6.04 Å². The summed E-state index contributed by atoms with van der Waals surface area (Å²) < 4.78 is 6.27. The molecule has 1 aliphatic heterocycles. The lowest BCUT2D eigenvalue weighted by Crippen LogP contribution is -2.29. The van der Waals surface area contributed by atoms with E-state index in [9.17, 15) is 14.7 Å². The predicted molar refractivity (Wildman–Crippen MR) is 118 cm³/mol. The Hall–Kier alpha value is -3.38. The van der Waals surface area contributed by atoms with Crippen LogP contribution in [-0.4, -0.2) is 23.9 Å². The maximum absolute atomic E-state index is 13.1. The topological polar surface area (TPSA) is 66.8 Å². The fraction of sp³-hybridized carbons (Fsp3) is 0.0833. The van der Waals surface area contributed by atoms with Crippen LogP contribution in [0.2, 0.25) is 0 Å². The number of amides is 1. The van der Waals surface area contributed by atoms with Crippen LogP contribution in [0.3, 0.4) is 0 Å². The average Bonchev–Trinajstić information content (AvgIpc) is 3.04. The number of aliphatic hydroxyl groups is 1. The van der Waals surface area contributed by atoms with Gasteiger partial charge in [-0.2, -0.15) is 0 Å². The Morgan fingerprint density at radius 1 is 0.967 bits per heavy atom. The van der Waals surface area contributed by atoms with E-state index in [-0.39, 0.29) is 11.3 Å². The highest BCUT2D eigenvalue weighted by atomic mass is 79.9. The van der Waals surface area contributed by atoms with Gasteiger partial charge in [0.2, 0.25) is 0 Å². The van der Waals surface area contributed by atoms with E-state index in [1.807, 2.05) is 18.2 Å². The first kappa shape index (κ1) is 19.9. The van der Waals surface area contributed by atoms with Gasteiger partial charge in [0.05, 0.1) is 18.7 Å². The Bertz CT molecular complexity index is 1160. The first-order valence-corrected chi connectivity index (χ1v) is 10.1. The molecule has 1 aliphatic rings. The summed E-state index contributed by atoms with van der Waals surface area (Å²) in [5.74, 6) is -1.15. The van der Waals surface area contributed by atoms with E-state index < -0.39 is 17.7 Å². The minimum absolute atomic E-state index is 0.0238. The Kier molecular flexibility index (Phi) is 5.42. The molecule has 0 saturated carbocycles. The van der Waals surface area contributed by atoms with Crippen LogP contribution in [0.25, 0.3) is 5.76 Å². The van der Waals surface area contributed by atoms with Crippen LogP contribution in [0.5, 0.6) is 5.75 Å². The zero-order chi connectivity index (χ0) is 21.3. The number of nitrogens with zero attached hydrogens (tertiary/aromatic N) is 1. The maximum Gasteiger partial charge on any atom is 0.300 e. The van der Waals surface area contributed by atoms with Crippen LogP contribution in [0.15, 0.2) is 88.9 Å². The number of ketones is 1. The number of para-hydroxylation sites is 1. The highest BCUT2D eigenvalue weighted by Gasteiger charge is 2.47. The lowest BCUT2D eigenvalue weighted by molar-refractivity contribution is -0.132. The molecule has 0 radical (unpaired) electrons. The molecular weight excluding hydrogens is 446 g/mol. The van der Waals surface area contributed by atoms with E-state index in [1.54, 1.807) is 60.7 Å². The second-order valence-corrected chi connectivity index (χ2v) is 7.67. The van der Waals surface area contributed by atoms with Crippen molar-refractivity contribution in [2.24, 2.45) is 0 Å². The number of hydrogen-bond donors (Lipinski definition) is 1. The van der Waals surface area contributed by atoms with Gasteiger partial charge in [-0.15, -0.1) is 0 Å². The number of aliphatic hydroxyl groups excluding tert-OH is 1. The van der Waals surface area contributed by atoms with Crippen molar-refractivity contribution in [3.05, 3.63) is 100 Å². The quantitative estimate of drug-likeness (QED) is 0.332. The van der Waals surface area contributed by atoms with Gasteiger partial charge >= 0.3 is 0 Å². The molecule has 0 spiro atoms. The molecule has 150 valence electrons. The number of carbonyl (C=O) groups excluding carboxylic acids is 2. The standard InChI is InChI=1S/C24H18BrNO4/c1-30-19-13-6-5-12-18(19)21-20(22(27)15-8-3-2-4-9-15)23(28)24(29)26(21)17-11-7-10-16(25)14-17/h2-14,21,27H,1H3. The smallest absolute Gasteiger partial charge is 0.300 e. The molecule has 3 aromatic rings. The summed E-state index contributed by atoms with van der Waals surface area (Å²) in [6, 6.07) is 22.2. The Morgan fingerprint density at radius 2 is 1.67 bits per heavy atom. The molecule has 0 aromatic heterocycles. The van der Waals surface area contributed by atoms with Crippen LogP contribution in [0.4, 0.5) is 5.69 Å². The van der Waals surface area contributed by atoms with E-state index in [0.29, 0.717) is 22.6 Å². The molecule has 1 saturated heterocycles. The minimum atomic E-state index is -0.837. The Balaban J connectivity index is 2.00. The first-order chi connectivity index (χ1) is 14.5. The van der Waals surface area contributed by atoms with Crippen LogP contribution in [0, 0.1) is 0 Å². The molecule has 0 aliphatic carbocycles. The van der Waals surface area contributed by atoms with E-state index in [0.717, 1.165) is 4.47 Å². The molecule has 6 heteroatoms. The normalized spacial score (nSPS) is 17.9. The van der Waals surface area contributed by atoms with Crippen molar-refractivity contribution >= 4 is 39.1 Å². The molecule has 1 unspecified atom stereocenters. The average molecular weight is 464 g/mol. The molecule has 30 heavy (non-hydrogen) atoms.